The van der Waals surface area contributed by atoms with E-state index in [1.165, 1.54) is 12.8 Å². The van der Waals surface area contributed by atoms with Gasteiger partial charge in [0.25, 0.3) is 5.56 Å². The first kappa shape index (κ1) is 11.2. The highest BCUT2D eigenvalue weighted by Gasteiger charge is 2.20. The maximum absolute atomic E-state index is 11.9. The molecule has 0 bridgehead atoms. The van der Waals surface area contributed by atoms with Crippen molar-refractivity contribution in [1.29, 1.82) is 0 Å². The maximum Gasteiger partial charge on any atom is 0.255 e. The van der Waals surface area contributed by atoms with Crippen LogP contribution in [0.2, 0.25) is 0 Å². The Hall–Kier alpha value is -1.95. The molecule has 0 amide bonds. The lowest BCUT2D eigenvalue weighted by Crippen LogP contribution is -2.23. The van der Waals surface area contributed by atoms with Crippen molar-refractivity contribution in [3.05, 3.63) is 34.4 Å². The van der Waals surface area contributed by atoms with Crippen molar-refractivity contribution in [1.82, 2.24) is 25.1 Å². The zero-order chi connectivity index (χ0) is 12.5. The molecule has 2 aromatic heterocycles. The highest BCUT2D eigenvalue weighted by molar-refractivity contribution is 5.47. The fourth-order valence-corrected chi connectivity index (χ4v) is 1.76. The second kappa shape index (κ2) is 4.38. The molecule has 1 fully saturated rings. The minimum absolute atomic E-state index is 0.0983. The van der Waals surface area contributed by atoms with Crippen LogP contribution in [0.15, 0.2) is 23.3 Å². The molecule has 94 valence electrons. The molecular formula is C12H15N5O. The molecule has 0 aromatic carbocycles. The highest BCUT2D eigenvalue weighted by Crippen LogP contribution is 2.18. The molecule has 0 radical (unpaired) electrons. The Kier molecular flexibility index (Phi) is 2.71. The second-order valence-electron chi connectivity index (χ2n) is 4.62. The lowest BCUT2D eigenvalue weighted by atomic mass is 10.3. The van der Waals surface area contributed by atoms with Gasteiger partial charge in [0.15, 0.2) is 5.82 Å². The standard InChI is InChI=1S/C12H15N5O/c1-17-5-4-10(16-17)11-14-7-8(12(18)15-11)6-13-9-2-3-9/h4-5,7,9,13H,2-3,6H2,1H3,(H,14,15,18). The van der Waals surface area contributed by atoms with E-state index in [1.807, 2.05) is 19.3 Å². The molecule has 2 aromatic rings. The summed E-state index contributed by atoms with van der Waals surface area (Å²) in [5.41, 5.74) is 1.25. The third kappa shape index (κ3) is 2.33. The van der Waals surface area contributed by atoms with E-state index in [0.29, 0.717) is 29.7 Å². The number of rotatable bonds is 4. The first-order chi connectivity index (χ1) is 8.72. The van der Waals surface area contributed by atoms with Crippen LogP contribution in [-0.4, -0.2) is 25.8 Å². The molecule has 1 saturated carbocycles. The molecule has 0 spiro atoms. The van der Waals surface area contributed by atoms with Gasteiger partial charge in [-0.15, -0.1) is 0 Å². The monoisotopic (exact) mass is 245 g/mol. The van der Waals surface area contributed by atoms with Crippen LogP contribution in [0.4, 0.5) is 0 Å². The summed E-state index contributed by atoms with van der Waals surface area (Å²) in [4.78, 5) is 18.9. The number of H-pyrrole nitrogens is 1. The van der Waals surface area contributed by atoms with E-state index < -0.39 is 0 Å². The summed E-state index contributed by atoms with van der Waals surface area (Å²) in [6.45, 7) is 0.579. The summed E-state index contributed by atoms with van der Waals surface area (Å²) < 4.78 is 1.68. The lowest BCUT2D eigenvalue weighted by Gasteiger charge is -2.02. The van der Waals surface area contributed by atoms with Gasteiger partial charge in [0, 0.05) is 37.6 Å². The first-order valence-electron chi connectivity index (χ1n) is 6.04. The van der Waals surface area contributed by atoms with Crippen LogP contribution >= 0.6 is 0 Å². The lowest BCUT2D eigenvalue weighted by molar-refractivity contribution is 0.679. The van der Waals surface area contributed by atoms with Crippen molar-refractivity contribution in [2.45, 2.75) is 25.4 Å². The smallest absolute Gasteiger partial charge is 0.255 e. The van der Waals surface area contributed by atoms with Crippen molar-refractivity contribution >= 4 is 0 Å². The minimum Gasteiger partial charge on any atom is -0.310 e. The van der Waals surface area contributed by atoms with Gasteiger partial charge in [-0.3, -0.25) is 9.48 Å². The van der Waals surface area contributed by atoms with Crippen LogP contribution in [0, 0.1) is 0 Å². The molecule has 1 aliphatic carbocycles. The SMILES string of the molecule is Cn1ccc(-c2ncc(CNC3CC3)c(=O)[nH]2)n1. The number of hydrogen-bond acceptors (Lipinski definition) is 4. The average Bonchev–Trinajstić information content (AvgIpc) is 3.08. The van der Waals surface area contributed by atoms with E-state index in [2.05, 4.69) is 20.4 Å². The molecule has 18 heavy (non-hydrogen) atoms. The minimum atomic E-state index is -0.0983. The van der Waals surface area contributed by atoms with Crippen LogP contribution in [0.1, 0.15) is 18.4 Å². The zero-order valence-electron chi connectivity index (χ0n) is 10.2. The van der Waals surface area contributed by atoms with Gasteiger partial charge in [-0.05, 0) is 18.9 Å². The quantitative estimate of drug-likeness (QED) is 0.818. The maximum atomic E-state index is 11.9. The molecule has 6 nitrogen and oxygen atoms in total. The van der Waals surface area contributed by atoms with E-state index in [1.54, 1.807) is 10.9 Å². The zero-order valence-corrected chi connectivity index (χ0v) is 10.2. The molecule has 1 aliphatic rings. The summed E-state index contributed by atoms with van der Waals surface area (Å²) in [7, 11) is 1.83. The van der Waals surface area contributed by atoms with Gasteiger partial charge in [-0.2, -0.15) is 5.10 Å². The Morgan fingerprint density at radius 3 is 3.00 bits per heavy atom. The highest BCUT2D eigenvalue weighted by atomic mass is 16.1. The average molecular weight is 245 g/mol. The summed E-state index contributed by atoms with van der Waals surface area (Å²) in [6.07, 6.45) is 5.85. The Bertz CT molecular complexity index is 611. The molecule has 0 unspecified atom stereocenters. The van der Waals surface area contributed by atoms with Gasteiger partial charge in [0.2, 0.25) is 0 Å². The van der Waals surface area contributed by atoms with Gasteiger partial charge < -0.3 is 10.3 Å². The fraction of sp³-hybridized carbons (Fsp3) is 0.417. The Morgan fingerprint density at radius 1 is 1.56 bits per heavy atom. The van der Waals surface area contributed by atoms with Crippen molar-refractivity contribution in [2.24, 2.45) is 7.05 Å². The van der Waals surface area contributed by atoms with Gasteiger partial charge in [0.1, 0.15) is 5.69 Å². The van der Waals surface area contributed by atoms with Crippen LogP contribution in [0.5, 0.6) is 0 Å². The van der Waals surface area contributed by atoms with E-state index in [9.17, 15) is 4.79 Å². The molecule has 3 rings (SSSR count). The number of nitrogens with one attached hydrogen (secondary N) is 2. The van der Waals surface area contributed by atoms with Crippen LogP contribution in [0.3, 0.4) is 0 Å². The molecule has 0 aliphatic heterocycles. The van der Waals surface area contributed by atoms with E-state index >= 15 is 0 Å². The summed E-state index contributed by atoms with van der Waals surface area (Å²) in [6, 6.07) is 2.40. The van der Waals surface area contributed by atoms with E-state index in [4.69, 9.17) is 0 Å². The fourth-order valence-electron chi connectivity index (χ4n) is 1.76. The van der Waals surface area contributed by atoms with Crippen molar-refractivity contribution in [3.8, 4) is 11.5 Å². The van der Waals surface area contributed by atoms with Gasteiger partial charge in [-0.25, -0.2) is 4.98 Å². The Balaban J connectivity index is 1.81. The van der Waals surface area contributed by atoms with Crippen molar-refractivity contribution < 1.29 is 0 Å². The normalized spacial score (nSPS) is 14.9. The molecular weight excluding hydrogens is 230 g/mol. The van der Waals surface area contributed by atoms with Crippen molar-refractivity contribution in [3.63, 3.8) is 0 Å². The number of aromatic amines is 1. The van der Waals surface area contributed by atoms with Crippen LogP contribution < -0.4 is 10.9 Å². The molecule has 2 heterocycles. The van der Waals surface area contributed by atoms with Gasteiger partial charge >= 0.3 is 0 Å². The molecule has 6 heteroatoms. The summed E-state index contributed by atoms with van der Waals surface area (Å²) >= 11 is 0. The molecule has 2 N–H and O–H groups in total. The second-order valence-corrected chi connectivity index (χ2v) is 4.62. The summed E-state index contributed by atoms with van der Waals surface area (Å²) in [5.74, 6) is 0.510. The topological polar surface area (TPSA) is 75.6 Å². The number of hydrogen-bond donors (Lipinski definition) is 2. The summed E-state index contributed by atoms with van der Waals surface area (Å²) in [5, 5.41) is 7.50. The largest absolute Gasteiger partial charge is 0.310 e. The third-order valence-electron chi connectivity index (χ3n) is 2.99. The molecule has 0 atom stereocenters. The van der Waals surface area contributed by atoms with E-state index in [-0.39, 0.29) is 5.56 Å². The van der Waals surface area contributed by atoms with E-state index in [0.717, 1.165) is 0 Å². The first-order valence-corrected chi connectivity index (χ1v) is 6.04. The molecule has 0 saturated heterocycles. The third-order valence-corrected chi connectivity index (χ3v) is 2.99. The predicted molar refractivity (Wildman–Crippen MR) is 66.9 cm³/mol. The Labute approximate surface area is 104 Å². The van der Waals surface area contributed by atoms with Crippen molar-refractivity contribution in [2.75, 3.05) is 0 Å². The number of nitrogens with zero attached hydrogens (tertiary/aromatic N) is 3. The predicted octanol–water partition coefficient (Wildman–Crippen LogP) is 0.422. The number of aryl methyl sites for hydroxylation is 1. The Morgan fingerprint density at radius 2 is 2.39 bits per heavy atom. The van der Waals surface area contributed by atoms with Crippen LogP contribution in [-0.2, 0) is 13.6 Å². The van der Waals surface area contributed by atoms with Crippen LogP contribution in [0.25, 0.3) is 11.5 Å². The van der Waals surface area contributed by atoms with Gasteiger partial charge in [-0.1, -0.05) is 0 Å². The van der Waals surface area contributed by atoms with Gasteiger partial charge in [0.05, 0.1) is 0 Å². The number of aromatic nitrogens is 4.